The molecular weight excluding hydrogens is 229 g/mol. The summed E-state index contributed by atoms with van der Waals surface area (Å²) in [7, 11) is 0. The highest BCUT2D eigenvalue weighted by atomic mass is 32.2. The fourth-order valence-corrected chi connectivity index (χ4v) is 1.98. The Bertz CT molecular complexity index is 365. The Balaban J connectivity index is 1.73. The van der Waals surface area contributed by atoms with E-state index in [0.29, 0.717) is 19.0 Å². The van der Waals surface area contributed by atoms with Crippen LogP contribution in [-0.4, -0.2) is 30.9 Å². The Labute approximate surface area is 97.4 Å². The van der Waals surface area contributed by atoms with E-state index in [2.05, 4.69) is 5.32 Å². The minimum Gasteiger partial charge on any atom is -0.377 e. The molecule has 1 aliphatic rings. The maximum Gasteiger partial charge on any atom is 0.230 e. The molecule has 0 aliphatic carbocycles. The summed E-state index contributed by atoms with van der Waals surface area (Å²) in [5, 5.41) is 2.84. The van der Waals surface area contributed by atoms with Gasteiger partial charge in [-0.2, -0.15) is 0 Å². The summed E-state index contributed by atoms with van der Waals surface area (Å²) in [6, 6.07) is 6.28. The first kappa shape index (κ1) is 11.4. The number of thioether (sulfide) groups is 1. The van der Waals surface area contributed by atoms with Crippen LogP contribution in [0.2, 0.25) is 0 Å². The predicted molar refractivity (Wildman–Crippen MR) is 59.9 cm³/mol. The summed E-state index contributed by atoms with van der Waals surface area (Å²) in [4.78, 5) is 12.3. The van der Waals surface area contributed by atoms with Crippen LogP contribution in [0.1, 0.15) is 0 Å². The molecule has 1 amide bonds. The second kappa shape index (κ2) is 5.32. The van der Waals surface area contributed by atoms with Crippen LogP contribution in [-0.2, 0) is 9.53 Å². The topological polar surface area (TPSA) is 38.3 Å². The standard InChI is InChI=1S/C11H12FNO2S/c12-8-1-3-10(4-2-8)16-7-11(14)13-9-5-15-6-9/h1-4,9H,5-7H2,(H,13,14). The molecule has 1 saturated heterocycles. The molecule has 0 saturated carbocycles. The number of rotatable bonds is 4. The lowest BCUT2D eigenvalue weighted by atomic mass is 10.2. The number of ether oxygens (including phenoxy) is 1. The Morgan fingerprint density at radius 3 is 2.69 bits per heavy atom. The SMILES string of the molecule is O=C(CSc1ccc(F)cc1)NC1COC1. The van der Waals surface area contributed by atoms with Gasteiger partial charge in [-0.05, 0) is 24.3 Å². The summed E-state index contributed by atoms with van der Waals surface area (Å²) < 4.78 is 17.6. The average molecular weight is 241 g/mol. The van der Waals surface area contributed by atoms with Crippen LogP contribution in [0.25, 0.3) is 0 Å². The van der Waals surface area contributed by atoms with Crippen LogP contribution >= 0.6 is 11.8 Å². The van der Waals surface area contributed by atoms with Gasteiger partial charge in [-0.15, -0.1) is 11.8 Å². The van der Waals surface area contributed by atoms with Crippen molar-refractivity contribution in [2.24, 2.45) is 0 Å². The van der Waals surface area contributed by atoms with E-state index in [1.807, 2.05) is 0 Å². The zero-order chi connectivity index (χ0) is 11.4. The van der Waals surface area contributed by atoms with E-state index in [0.717, 1.165) is 4.90 Å². The lowest BCUT2D eigenvalue weighted by Crippen LogP contribution is -2.49. The van der Waals surface area contributed by atoms with E-state index in [4.69, 9.17) is 4.74 Å². The van der Waals surface area contributed by atoms with Gasteiger partial charge in [0.25, 0.3) is 0 Å². The Kier molecular flexibility index (Phi) is 3.79. The Morgan fingerprint density at radius 2 is 2.12 bits per heavy atom. The molecule has 1 fully saturated rings. The zero-order valence-corrected chi connectivity index (χ0v) is 9.43. The summed E-state index contributed by atoms with van der Waals surface area (Å²) in [6.07, 6.45) is 0. The van der Waals surface area contributed by atoms with Crippen molar-refractivity contribution < 1.29 is 13.9 Å². The van der Waals surface area contributed by atoms with E-state index in [9.17, 15) is 9.18 Å². The number of benzene rings is 1. The van der Waals surface area contributed by atoms with E-state index in [-0.39, 0.29) is 17.8 Å². The third kappa shape index (κ3) is 3.21. The molecule has 5 heteroatoms. The van der Waals surface area contributed by atoms with Gasteiger partial charge in [-0.1, -0.05) is 0 Å². The van der Waals surface area contributed by atoms with Crippen molar-refractivity contribution in [3.8, 4) is 0 Å². The number of carbonyl (C=O) groups is 1. The van der Waals surface area contributed by atoms with Crippen LogP contribution in [0.15, 0.2) is 29.2 Å². The molecule has 0 bridgehead atoms. The highest BCUT2D eigenvalue weighted by molar-refractivity contribution is 8.00. The minimum absolute atomic E-state index is 0.0115. The molecule has 2 rings (SSSR count). The largest absolute Gasteiger partial charge is 0.377 e. The summed E-state index contributed by atoms with van der Waals surface area (Å²) in [5.74, 6) is 0.0744. The first-order chi connectivity index (χ1) is 7.74. The van der Waals surface area contributed by atoms with Gasteiger partial charge in [0.1, 0.15) is 5.82 Å². The van der Waals surface area contributed by atoms with E-state index in [1.54, 1.807) is 12.1 Å². The Hall–Kier alpha value is -1.07. The molecule has 1 N–H and O–H groups in total. The van der Waals surface area contributed by atoms with Crippen LogP contribution in [0.5, 0.6) is 0 Å². The third-order valence-electron chi connectivity index (χ3n) is 2.19. The van der Waals surface area contributed by atoms with Gasteiger partial charge in [0.15, 0.2) is 0 Å². The molecule has 16 heavy (non-hydrogen) atoms. The van der Waals surface area contributed by atoms with Gasteiger partial charge >= 0.3 is 0 Å². The molecule has 0 atom stereocenters. The van der Waals surface area contributed by atoms with Crippen molar-refractivity contribution in [1.82, 2.24) is 5.32 Å². The fraction of sp³-hybridized carbons (Fsp3) is 0.364. The molecule has 1 heterocycles. The fourth-order valence-electron chi connectivity index (χ4n) is 1.27. The number of nitrogens with one attached hydrogen (secondary N) is 1. The van der Waals surface area contributed by atoms with Crippen LogP contribution in [0, 0.1) is 5.82 Å². The lowest BCUT2D eigenvalue weighted by Gasteiger charge is -2.26. The van der Waals surface area contributed by atoms with Gasteiger partial charge < -0.3 is 10.1 Å². The molecule has 0 unspecified atom stereocenters. The highest BCUT2D eigenvalue weighted by Gasteiger charge is 2.19. The van der Waals surface area contributed by atoms with Gasteiger partial charge in [-0.3, -0.25) is 4.79 Å². The molecule has 0 spiro atoms. The van der Waals surface area contributed by atoms with Crippen molar-refractivity contribution in [1.29, 1.82) is 0 Å². The first-order valence-electron chi connectivity index (χ1n) is 4.99. The van der Waals surface area contributed by atoms with Crippen LogP contribution < -0.4 is 5.32 Å². The number of carbonyl (C=O) groups excluding carboxylic acids is 1. The van der Waals surface area contributed by atoms with Gasteiger partial charge in [0, 0.05) is 4.90 Å². The van der Waals surface area contributed by atoms with Crippen molar-refractivity contribution in [2.45, 2.75) is 10.9 Å². The van der Waals surface area contributed by atoms with Crippen molar-refractivity contribution in [2.75, 3.05) is 19.0 Å². The second-order valence-electron chi connectivity index (χ2n) is 3.54. The number of hydrogen-bond acceptors (Lipinski definition) is 3. The van der Waals surface area contributed by atoms with Gasteiger partial charge in [-0.25, -0.2) is 4.39 Å². The van der Waals surface area contributed by atoms with Crippen LogP contribution in [0.3, 0.4) is 0 Å². The second-order valence-corrected chi connectivity index (χ2v) is 4.59. The first-order valence-corrected chi connectivity index (χ1v) is 5.98. The molecule has 0 aromatic heterocycles. The monoisotopic (exact) mass is 241 g/mol. The number of hydrogen-bond donors (Lipinski definition) is 1. The van der Waals surface area contributed by atoms with E-state index >= 15 is 0 Å². The zero-order valence-electron chi connectivity index (χ0n) is 8.61. The van der Waals surface area contributed by atoms with Crippen molar-refractivity contribution >= 4 is 17.7 Å². The van der Waals surface area contributed by atoms with E-state index < -0.39 is 0 Å². The molecular formula is C11H12FNO2S. The van der Waals surface area contributed by atoms with E-state index in [1.165, 1.54) is 23.9 Å². The Morgan fingerprint density at radius 1 is 1.44 bits per heavy atom. The van der Waals surface area contributed by atoms with Gasteiger partial charge in [0.05, 0.1) is 25.0 Å². The highest BCUT2D eigenvalue weighted by Crippen LogP contribution is 2.17. The molecule has 3 nitrogen and oxygen atoms in total. The smallest absolute Gasteiger partial charge is 0.230 e. The number of amides is 1. The summed E-state index contributed by atoms with van der Waals surface area (Å²) in [5.41, 5.74) is 0. The molecule has 0 radical (unpaired) electrons. The average Bonchev–Trinajstić information content (AvgIpc) is 2.23. The minimum atomic E-state index is -0.264. The summed E-state index contributed by atoms with van der Waals surface area (Å²) >= 11 is 1.39. The molecule has 86 valence electrons. The quantitative estimate of drug-likeness (QED) is 0.810. The molecule has 1 aromatic rings. The normalized spacial score (nSPS) is 15.6. The van der Waals surface area contributed by atoms with Crippen molar-refractivity contribution in [3.05, 3.63) is 30.1 Å². The van der Waals surface area contributed by atoms with Crippen LogP contribution in [0.4, 0.5) is 4.39 Å². The number of halogens is 1. The lowest BCUT2D eigenvalue weighted by molar-refractivity contribution is -0.122. The maximum atomic E-state index is 12.6. The molecule has 1 aromatic carbocycles. The molecule has 1 aliphatic heterocycles. The summed E-state index contributed by atoms with van der Waals surface area (Å²) in [6.45, 7) is 1.21. The predicted octanol–water partition coefficient (Wildman–Crippen LogP) is 1.43. The van der Waals surface area contributed by atoms with Gasteiger partial charge in [0.2, 0.25) is 5.91 Å². The third-order valence-corrected chi connectivity index (χ3v) is 3.20. The van der Waals surface area contributed by atoms with Crippen molar-refractivity contribution in [3.63, 3.8) is 0 Å². The maximum absolute atomic E-state index is 12.6.